The van der Waals surface area contributed by atoms with E-state index in [1.807, 2.05) is 0 Å². The molecule has 5 heteroatoms. The first-order chi connectivity index (χ1) is 13.4. The summed E-state index contributed by atoms with van der Waals surface area (Å²) in [7, 11) is 0. The van der Waals surface area contributed by atoms with Gasteiger partial charge in [0, 0.05) is 25.6 Å². The second kappa shape index (κ2) is 6.61. The van der Waals surface area contributed by atoms with E-state index in [4.69, 9.17) is 10.1 Å². The standard InChI is InChI=1S/C23H36N2O3/c1-21-8-4-15(28-16-7-11-25-13-16)12-23(21,27)10-5-17-18(21)6-9-22(14-24)19(17)2-3-20(22)26/h14-19,24-25,27H,2-13H2,1H3/t15?,16-,17-,18+,19+,21-,22-,23-/m1/s1. The van der Waals surface area contributed by atoms with Crippen LogP contribution in [0.1, 0.15) is 71.1 Å². The van der Waals surface area contributed by atoms with Crippen molar-refractivity contribution < 1.29 is 14.6 Å². The fourth-order valence-electron chi connectivity index (χ4n) is 8.11. The molecule has 1 saturated heterocycles. The molecule has 0 bridgehead atoms. The predicted molar refractivity (Wildman–Crippen MR) is 107 cm³/mol. The summed E-state index contributed by atoms with van der Waals surface area (Å²) in [6.07, 6.45) is 11.1. The second-order valence-electron chi connectivity index (χ2n) is 10.7. The molecule has 0 radical (unpaired) electrons. The summed E-state index contributed by atoms with van der Waals surface area (Å²) in [6.45, 7) is 4.31. The van der Waals surface area contributed by atoms with E-state index >= 15 is 0 Å². The van der Waals surface area contributed by atoms with Gasteiger partial charge in [-0.1, -0.05) is 6.92 Å². The van der Waals surface area contributed by atoms with Crippen LogP contribution in [0.15, 0.2) is 0 Å². The molecule has 4 aliphatic carbocycles. The molecule has 0 aromatic carbocycles. The summed E-state index contributed by atoms with van der Waals surface area (Å²) < 4.78 is 6.37. The maximum Gasteiger partial charge on any atom is 0.144 e. The zero-order chi connectivity index (χ0) is 19.6. The number of ether oxygens (including phenoxy) is 1. The van der Waals surface area contributed by atoms with E-state index < -0.39 is 11.0 Å². The molecule has 28 heavy (non-hydrogen) atoms. The summed E-state index contributed by atoms with van der Waals surface area (Å²) in [5.74, 6) is 1.60. The molecule has 0 spiro atoms. The van der Waals surface area contributed by atoms with Crippen LogP contribution in [0.4, 0.5) is 0 Å². The quantitative estimate of drug-likeness (QED) is 0.649. The van der Waals surface area contributed by atoms with Gasteiger partial charge >= 0.3 is 0 Å². The molecule has 5 fully saturated rings. The topological polar surface area (TPSA) is 82.4 Å². The van der Waals surface area contributed by atoms with E-state index in [1.54, 1.807) is 0 Å². The van der Waals surface area contributed by atoms with Gasteiger partial charge in [0.05, 0.1) is 23.2 Å². The molecule has 0 aromatic heterocycles. The number of aliphatic hydroxyl groups is 1. The maximum absolute atomic E-state index is 12.6. The fourth-order valence-corrected chi connectivity index (χ4v) is 8.11. The molecule has 4 saturated carbocycles. The van der Waals surface area contributed by atoms with Crippen LogP contribution in [-0.2, 0) is 9.53 Å². The molecule has 1 aliphatic heterocycles. The van der Waals surface area contributed by atoms with Gasteiger partial charge in [0.25, 0.3) is 0 Å². The van der Waals surface area contributed by atoms with Gasteiger partial charge in [0.2, 0.25) is 0 Å². The van der Waals surface area contributed by atoms with Crippen LogP contribution in [0.2, 0.25) is 0 Å². The van der Waals surface area contributed by atoms with E-state index in [9.17, 15) is 9.90 Å². The number of nitrogens with one attached hydrogen (secondary N) is 2. The summed E-state index contributed by atoms with van der Waals surface area (Å²) >= 11 is 0. The fraction of sp³-hybridized carbons (Fsp3) is 0.913. The van der Waals surface area contributed by atoms with Crippen LogP contribution in [-0.4, -0.2) is 48.0 Å². The SMILES string of the molecule is C[C@]12CCC(O[C@@H]3CCNC3)C[C@]1(O)CC[C@H]1[C@@H]3CCC(=O)[C@@]3(C=N)CC[C@@H]12. The lowest BCUT2D eigenvalue weighted by molar-refractivity contribution is -0.223. The molecule has 5 aliphatic rings. The molecule has 1 unspecified atom stereocenters. The van der Waals surface area contributed by atoms with E-state index in [-0.39, 0.29) is 11.5 Å². The number of hydrogen-bond donors (Lipinski definition) is 3. The Morgan fingerprint density at radius 2 is 1.96 bits per heavy atom. The molecule has 0 aromatic rings. The zero-order valence-electron chi connectivity index (χ0n) is 17.2. The number of ketones is 1. The highest BCUT2D eigenvalue weighted by Gasteiger charge is 2.65. The van der Waals surface area contributed by atoms with Crippen LogP contribution in [0, 0.1) is 34.0 Å². The molecular weight excluding hydrogens is 352 g/mol. The minimum atomic E-state index is -0.642. The van der Waals surface area contributed by atoms with Crippen LogP contribution in [0.3, 0.4) is 0 Å². The Morgan fingerprint density at radius 3 is 2.71 bits per heavy atom. The highest BCUT2D eigenvalue weighted by atomic mass is 16.5. The molecular formula is C23H36N2O3. The summed E-state index contributed by atoms with van der Waals surface area (Å²) in [5, 5.41) is 23.3. The third-order valence-corrected chi connectivity index (χ3v) is 9.75. The van der Waals surface area contributed by atoms with Crippen molar-refractivity contribution in [2.75, 3.05) is 13.1 Å². The van der Waals surface area contributed by atoms with Gasteiger partial charge in [-0.15, -0.1) is 0 Å². The number of fused-ring (bicyclic) bond motifs is 5. The van der Waals surface area contributed by atoms with Gasteiger partial charge in [0.15, 0.2) is 0 Å². The van der Waals surface area contributed by atoms with Gasteiger partial charge in [-0.2, -0.15) is 0 Å². The number of rotatable bonds is 3. The first-order valence-electron chi connectivity index (χ1n) is 11.6. The summed E-state index contributed by atoms with van der Waals surface area (Å²) in [4.78, 5) is 12.6. The van der Waals surface area contributed by atoms with Crippen LogP contribution in [0.5, 0.6) is 0 Å². The smallest absolute Gasteiger partial charge is 0.144 e. The van der Waals surface area contributed by atoms with Gasteiger partial charge in [-0.05, 0) is 81.1 Å². The number of hydrogen-bond acceptors (Lipinski definition) is 5. The Morgan fingerprint density at radius 1 is 1.11 bits per heavy atom. The first-order valence-corrected chi connectivity index (χ1v) is 11.6. The van der Waals surface area contributed by atoms with Crippen molar-refractivity contribution in [3.8, 4) is 0 Å². The van der Waals surface area contributed by atoms with Crippen molar-refractivity contribution in [3.05, 3.63) is 0 Å². The summed E-state index contributed by atoms with van der Waals surface area (Å²) in [6, 6.07) is 0. The highest BCUT2D eigenvalue weighted by molar-refractivity contribution is 6.01. The third kappa shape index (κ3) is 2.55. The molecule has 5 nitrogen and oxygen atoms in total. The van der Waals surface area contributed by atoms with Crippen molar-refractivity contribution in [1.29, 1.82) is 5.41 Å². The third-order valence-electron chi connectivity index (χ3n) is 9.75. The lowest BCUT2D eigenvalue weighted by Crippen LogP contribution is -2.63. The molecule has 5 rings (SSSR count). The largest absolute Gasteiger partial charge is 0.389 e. The highest BCUT2D eigenvalue weighted by Crippen LogP contribution is 2.66. The molecule has 1 heterocycles. The Balaban J connectivity index is 1.36. The van der Waals surface area contributed by atoms with Crippen molar-refractivity contribution in [3.63, 3.8) is 0 Å². The minimum Gasteiger partial charge on any atom is -0.389 e. The number of carbonyl (C=O) groups excluding carboxylic acids is 1. The molecule has 156 valence electrons. The Hall–Kier alpha value is -0.780. The normalized spacial score (nSPS) is 53.4. The first kappa shape index (κ1) is 19.2. The molecule has 3 N–H and O–H groups in total. The van der Waals surface area contributed by atoms with Crippen LogP contribution >= 0.6 is 0 Å². The van der Waals surface area contributed by atoms with Crippen molar-refractivity contribution in [2.45, 2.75) is 88.9 Å². The van der Waals surface area contributed by atoms with Crippen LogP contribution in [0.25, 0.3) is 0 Å². The summed E-state index contributed by atoms with van der Waals surface area (Å²) in [5.41, 5.74) is -1.21. The lowest BCUT2D eigenvalue weighted by atomic mass is 9.43. The Kier molecular flexibility index (Phi) is 4.53. The van der Waals surface area contributed by atoms with E-state index in [0.29, 0.717) is 36.1 Å². The average molecular weight is 389 g/mol. The predicted octanol–water partition coefficient (Wildman–Crippen LogP) is 3.09. The number of Topliss-reactive ketones (excluding diaryl/α,β-unsaturated/α-hetero) is 1. The molecule has 8 atom stereocenters. The van der Waals surface area contributed by atoms with E-state index in [1.165, 1.54) is 6.21 Å². The average Bonchev–Trinajstić information content (AvgIpc) is 3.31. The van der Waals surface area contributed by atoms with Crippen LogP contribution < -0.4 is 5.32 Å². The number of carbonyl (C=O) groups is 1. The van der Waals surface area contributed by atoms with Crippen molar-refractivity contribution in [2.24, 2.45) is 28.6 Å². The second-order valence-corrected chi connectivity index (χ2v) is 10.7. The molecule has 0 amide bonds. The van der Waals surface area contributed by atoms with Gasteiger partial charge < -0.3 is 20.6 Å². The lowest BCUT2D eigenvalue weighted by Gasteiger charge is -2.63. The van der Waals surface area contributed by atoms with E-state index in [2.05, 4.69) is 12.2 Å². The van der Waals surface area contributed by atoms with Crippen molar-refractivity contribution in [1.82, 2.24) is 5.32 Å². The monoisotopic (exact) mass is 388 g/mol. The van der Waals surface area contributed by atoms with Gasteiger partial charge in [0.1, 0.15) is 5.78 Å². The van der Waals surface area contributed by atoms with Gasteiger partial charge in [-0.3, -0.25) is 4.79 Å². The van der Waals surface area contributed by atoms with E-state index in [0.717, 1.165) is 70.9 Å². The van der Waals surface area contributed by atoms with Gasteiger partial charge in [-0.25, -0.2) is 0 Å². The van der Waals surface area contributed by atoms with Crippen molar-refractivity contribution >= 4 is 12.0 Å². The minimum absolute atomic E-state index is 0.0798. The Labute approximate surface area is 168 Å². The Bertz CT molecular complexity index is 662. The zero-order valence-corrected chi connectivity index (χ0v) is 17.2. The maximum atomic E-state index is 12.6.